The maximum Gasteiger partial charge on any atom is 0.157 e. The smallest absolute Gasteiger partial charge is 0.157 e. The highest BCUT2D eigenvalue weighted by molar-refractivity contribution is 5.50. The van der Waals surface area contributed by atoms with Crippen LogP contribution in [0.15, 0.2) is 36.7 Å². The third kappa shape index (κ3) is 3.64. The molecule has 1 aliphatic rings. The lowest BCUT2D eigenvalue weighted by molar-refractivity contribution is 0.211. The van der Waals surface area contributed by atoms with Gasteiger partial charge in [-0.25, -0.2) is 4.98 Å². The Balaban J connectivity index is 1.40. The van der Waals surface area contributed by atoms with Crippen LogP contribution in [0.5, 0.6) is 0 Å². The molecule has 0 amide bonds. The van der Waals surface area contributed by atoms with E-state index in [1.807, 2.05) is 42.9 Å². The quantitative estimate of drug-likeness (QED) is 0.794. The first-order valence-corrected chi connectivity index (χ1v) is 8.89. The molecule has 1 N–H and O–H groups in total. The van der Waals surface area contributed by atoms with Crippen LogP contribution in [0.25, 0.3) is 5.65 Å². The molecule has 1 saturated heterocycles. The Labute approximate surface area is 147 Å². The van der Waals surface area contributed by atoms with Crippen LogP contribution in [0.3, 0.4) is 0 Å². The zero-order valence-corrected chi connectivity index (χ0v) is 14.8. The first-order valence-electron chi connectivity index (χ1n) is 8.89. The number of likely N-dealkylation sites (tertiary alicyclic amines) is 1. The molecule has 130 valence electrons. The highest BCUT2D eigenvalue weighted by Crippen LogP contribution is 2.20. The predicted molar refractivity (Wildman–Crippen MR) is 98.6 cm³/mol. The highest BCUT2D eigenvalue weighted by atomic mass is 15.3. The SMILES string of the molecule is Cc1cc(NC2CCN(Cc3cccnc3)CC2)n2nc(C)cc2n1. The summed E-state index contributed by atoms with van der Waals surface area (Å²) in [6.07, 6.45) is 6.04. The molecule has 3 aromatic heterocycles. The van der Waals surface area contributed by atoms with Crippen LogP contribution in [-0.4, -0.2) is 43.6 Å². The van der Waals surface area contributed by atoms with Gasteiger partial charge in [-0.15, -0.1) is 0 Å². The topological polar surface area (TPSA) is 58.4 Å². The summed E-state index contributed by atoms with van der Waals surface area (Å²) in [5, 5.41) is 8.25. The van der Waals surface area contributed by atoms with E-state index in [1.165, 1.54) is 5.56 Å². The van der Waals surface area contributed by atoms with Gasteiger partial charge in [-0.2, -0.15) is 9.61 Å². The molecule has 0 saturated carbocycles. The minimum absolute atomic E-state index is 0.472. The van der Waals surface area contributed by atoms with E-state index in [2.05, 4.69) is 37.4 Å². The van der Waals surface area contributed by atoms with Gasteiger partial charge < -0.3 is 5.32 Å². The second kappa shape index (κ2) is 6.80. The van der Waals surface area contributed by atoms with Crippen molar-refractivity contribution in [1.29, 1.82) is 0 Å². The van der Waals surface area contributed by atoms with Crippen molar-refractivity contribution >= 4 is 11.5 Å². The molecule has 3 aromatic rings. The predicted octanol–water partition coefficient (Wildman–Crippen LogP) is 2.82. The van der Waals surface area contributed by atoms with Gasteiger partial charge in [-0.1, -0.05) is 6.07 Å². The molecule has 0 radical (unpaired) electrons. The van der Waals surface area contributed by atoms with Crippen LogP contribution in [-0.2, 0) is 6.54 Å². The van der Waals surface area contributed by atoms with Crippen LogP contribution < -0.4 is 5.32 Å². The number of aromatic nitrogens is 4. The van der Waals surface area contributed by atoms with Crippen molar-refractivity contribution in [1.82, 2.24) is 24.5 Å². The second-order valence-electron chi connectivity index (χ2n) is 6.89. The summed E-state index contributed by atoms with van der Waals surface area (Å²) in [4.78, 5) is 11.3. The standard InChI is InChI=1S/C19H24N6/c1-14-10-19(25-18(21-14)11-15(2)23-25)22-17-5-8-24(9-6-17)13-16-4-3-7-20-12-16/h3-4,7,10-12,17,22H,5-6,8-9,13H2,1-2H3. The van der Waals surface area contributed by atoms with Crippen molar-refractivity contribution in [3.63, 3.8) is 0 Å². The summed E-state index contributed by atoms with van der Waals surface area (Å²) in [7, 11) is 0. The van der Waals surface area contributed by atoms with Gasteiger partial charge in [0.15, 0.2) is 5.65 Å². The Hall–Kier alpha value is -2.47. The van der Waals surface area contributed by atoms with E-state index >= 15 is 0 Å². The molecule has 0 unspecified atom stereocenters. The summed E-state index contributed by atoms with van der Waals surface area (Å²) in [6, 6.07) is 8.73. The number of piperidine rings is 1. The average molecular weight is 336 g/mol. The number of aryl methyl sites for hydroxylation is 2. The Morgan fingerprint density at radius 2 is 2.00 bits per heavy atom. The minimum Gasteiger partial charge on any atom is -0.367 e. The first-order chi connectivity index (χ1) is 12.2. The molecule has 4 rings (SSSR count). The summed E-state index contributed by atoms with van der Waals surface area (Å²) in [6.45, 7) is 7.21. The summed E-state index contributed by atoms with van der Waals surface area (Å²) >= 11 is 0. The lowest BCUT2D eigenvalue weighted by Crippen LogP contribution is -2.39. The maximum atomic E-state index is 4.56. The molecule has 0 bridgehead atoms. The van der Waals surface area contributed by atoms with Gasteiger partial charge in [0.25, 0.3) is 0 Å². The molecule has 4 heterocycles. The van der Waals surface area contributed by atoms with Gasteiger partial charge in [-0.05, 0) is 38.3 Å². The fourth-order valence-corrected chi connectivity index (χ4v) is 3.51. The van der Waals surface area contributed by atoms with Gasteiger partial charge in [0, 0.05) is 55.9 Å². The van der Waals surface area contributed by atoms with Crippen LogP contribution in [0.1, 0.15) is 29.8 Å². The number of nitrogens with one attached hydrogen (secondary N) is 1. The minimum atomic E-state index is 0.472. The summed E-state index contributed by atoms with van der Waals surface area (Å²) < 4.78 is 1.92. The highest BCUT2D eigenvalue weighted by Gasteiger charge is 2.20. The average Bonchev–Trinajstić information content (AvgIpc) is 2.98. The van der Waals surface area contributed by atoms with Gasteiger partial charge >= 0.3 is 0 Å². The largest absolute Gasteiger partial charge is 0.367 e. The molecule has 6 heteroatoms. The van der Waals surface area contributed by atoms with Crippen molar-refractivity contribution in [3.8, 4) is 0 Å². The van der Waals surface area contributed by atoms with Gasteiger partial charge in [0.2, 0.25) is 0 Å². The summed E-state index contributed by atoms with van der Waals surface area (Å²) in [5.41, 5.74) is 4.21. The third-order valence-electron chi connectivity index (χ3n) is 4.75. The van der Waals surface area contributed by atoms with E-state index in [0.717, 1.165) is 55.3 Å². The third-order valence-corrected chi connectivity index (χ3v) is 4.75. The normalized spacial score (nSPS) is 16.4. The Morgan fingerprint density at radius 3 is 2.76 bits per heavy atom. The molecule has 1 aliphatic heterocycles. The number of pyridine rings is 1. The fourth-order valence-electron chi connectivity index (χ4n) is 3.51. The molecule has 6 nitrogen and oxygen atoms in total. The summed E-state index contributed by atoms with van der Waals surface area (Å²) in [5.74, 6) is 1.04. The number of hydrogen-bond acceptors (Lipinski definition) is 5. The molecule has 0 aliphatic carbocycles. The lowest BCUT2D eigenvalue weighted by atomic mass is 10.0. The first kappa shape index (κ1) is 16.0. The molecule has 0 aromatic carbocycles. The van der Waals surface area contributed by atoms with E-state index < -0.39 is 0 Å². The van der Waals surface area contributed by atoms with Gasteiger partial charge in [0.05, 0.1) is 5.69 Å². The number of fused-ring (bicyclic) bond motifs is 1. The van der Waals surface area contributed by atoms with Crippen LogP contribution in [0.4, 0.5) is 5.82 Å². The fraction of sp³-hybridized carbons (Fsp3) is 0.421. The zero-order valence-electron chi connectivity index (χ0n) is 14.8. The molecular weight excluding hydrogens is 312 g/mol. The monoisotopic (exact) mass is 336 g/mol. The van der Waals surface area contributed by atoms with Crippen molar-refractivity contribution in [3.05, 3.63) is 53.6 Å². The van der Waals surface area contributed by atoms with Crippen molar-refractivity contribution in [2.75, 3.05) is 18.4 Å². The Kier molecular flexibility index (Phi) is 4.36. The van der Waals surface area contributed by atoms with E-state index in [4.69, 9.17) is 0 Å². The van der Waals surface area contributed by atoms with Gasteiger partial charge in [0.1, 0.15) is 5.82 Å². The van der Waals surface area contributed by atoms with Crippen LogP contribution >= 0.6 is 0 Å². The van der Waals surface area contributed by atoms with E-state index in [-0.39, 0.29) is 0 Å². The van der Waals surface area contributed by atoms with Crippen LogP contribution in [0, 0.1) is 13.8 Å². The number of anilines is 1. The van der Waals surface area contributed by atoms with Gasteiger partial charge in [-0.3, -0.25) is 9.88 Å². The number of nitrogens with zero attached hydrogens (tertiary/aromatic N) is 5. The van der Waals surface area contributed by atoms with E-state index in [0.29, 0.717) is 6.04 Å². The van der Waals surface area contributed by atoms with Crippen molar-refractivity contribution in [2.45, 2.75) is 39.3 Å². The number of rotatable bonds is 4. The Bertz CT molecular complexity index is 849. The number of hydrogen-bond donors (Lipinski definition) is 1. The molecule has 1 fully saturated rings. The van der Waals surface area contributed by atoms with Crippen molar-refractivity contribution in [2.24, 2.45) is 0 Å². The lowest BCUT2D eigenvalue weighted by Gasteiger charge is -2.32. The Morgan fingerprint density at radius 1 is 1.16 bits per heavy atom. The van der Waals surface area contributed by atoms with E-state index in [1.54, 1.807) is 0 Å². The molecule has 0 atom stereocenters. The molecule has 0 spiro atoms. The zero-order chi connectivity index (χ0) is 17.2. The van der Waals surface area contributed by atoms with Crippen LogP contribution in [0.2, 0.25) is 0 Å². The van der Waals surface area contributed by atoms with Crippen molar-refractivity contribution < 1.29 is 0 Å². The molecule has 25 heavy (non-hydrogen) atoms. The molecular formula is C19H24N6. The second-order valence-corrected chi connectivity index (χ2v) is 6.89. The maximum absolute atomic E-state index is 4.56. The van der Waals surface area contributed by atoms with E-state index in [9.17, 15) is 0 Å².